The number of ether oxygens (including phenoxy) is 1. The lowest BCUT2D eigenvalue weighted by atomic mass is 10.2. The number of aromatic nitrogens is 2. The van der Waals surface area contributed by atoms with Crippen LogP contribution in [0.15, 0.2) is 64.5 Å². The minimum atomic E-state index is -0.0939. The molecule has 0 saturated carbocycles. The number of aryl methyl sites for hydroxylation is 2. The molecule has 0 aliphatic heterocycles. The molecule has 4 aromatic rings. The van der Waals surface area contributed by atoms with Gasteiger partial charge in [0, 0.05) is 10.4 Å². The average molecular weight is 449 g/mol. The molecule has 0 spiro atoms. The molecule has 0 atom stereocenters. The van der Waals surface area contributed by atoms with Crippen LogP contribution in [0.2, 0.25) is 0 Å². The molecule has 0 N–H and O–H groups in total. The fourth-order valence-corrected chi connectivity index (χ4v) is 6.19. The van der Waals surface area contributed by atoms with Gasteiger partial charge in [0.2, 0.25) is 0 Å². The third kappa shape index (κ3) is 3.58. The van der Waals surface area contributed by atoms with Crippen molar-refractivity contribution in [2.75, 3.05) is 12.9 Å². The van der Waals surface area contributed by atoms with Crippen LogP contribution in [0.3, 0.4) is 0 Å². The fourth-order valence-electron chi connectivity index (χ4n) is 3.99. The van der Waals surface area contributed by atoms with Gasteiger partial charge in [-0.25, -0.2) is 4.98 Å². The number of hydrogen-bond donors (Lipinski definition) is 0. The summed E-state index contributed by atoms with van der Waals surface area (Å²) < 4.78 is 7.14. The first-order chi connectivity index (χ1) is 15.2. The molecule has 31 heavy (non-hydrogen) atoms. The Morgan fingerprint density at radius 2 is 1.90 bits per heavy atom. The normalized spacial score (nSPS) is 12.8. The lowest BCUT2D eigenvalue weighted by molar-refractivity contribution is 0.102. The number of thiophene rings is 1. The van der Waals surface area contributed by atoms with Crippen molar-refractivity contribution in [2.24, 2.45) is 0 Å². The Kier molecular flexibility index (Phi) is 5.38. The Morgan fingerprint density at radius 1 is 1.13 bits per heavy atom. The molecule has 0 amide bonds. The first-order valence-electron chi connectivity index (χ1n) is 10.1. The van der Waals surface area contributed by atoms with Crippen LogP contribution in [0.1, 0.15) is 27.2 Å². The van der Waals surface area contributed by atoms with E-state index in [9.17, 15) is 9.59 Å². The quantitative estimate of drug-likeness (QED) is 0.238. The summed E-state index contributed by atoms with van der Waals surface area (Å²) in [6, 6.07) is 16.6. The van der Waals surface area contributed by atoms with Crippen molar-refractivity contribution in [3.05, 3.63) is 81.0 Å². The van der Waals surface area contributed by atoms with E-state index in [1.165, 1.54) is 16.6 Å². The van der Waals surface area contributed by atoms with Crippen LogP contribution in [0, 0.1) is 0 Å². The number of rotatable bonds is 6. The predicted octanol–water partition coefficient (Wildman–Crippen LogP) is 4.92. The second kappa shape index (κ2) is 8.32. The highest BCUT2D eigenvalue weighted by Crippen LogP contribution is 2.36. The van der Waals surface area contributed by atoms with Crippen molar-refractivity contribution in [3.8, 4) is 11.4 Å². The summed E-state index contributed by atoms with van der Waals surface area (Å²) in [5.41, 5.74) is 2.33. The summed E-state index contributed by atoms with van der Waals surface area (Å²) >= 11 is 2.89. The zero-order chi connectivity index (χ0) is 21.4. The van der Waals surface area contributed by atoms with Crippen molar-refractivity contribution in [1.29, 1.82) is 0 Å². The minimum absolute atomic E-state index is 0.000182. The number of nitrogens with zero attached hydrogens (tertiary/aromatic N) is 2. The van der Waals surface area contributed by atoms with Gasteiger partial charge in [0.05, 0.1) is 23.9 Å². The van der Waals surface area contributed by atoms with E-state index in [0.29, 0.717) is 27.5 Å². The van der Waals surface area contributed by atoms with Crippen molar-refractivity contribution in [2.45, 2.75) is 24.4 Å². The number of hydrogen-bond acceptors (Lipinski definition) is 6. The number of benzene rings is 2. The summed E-state index contributed by atoms with van der Waals surface area (Å²) in [5, 5.41) is 1.22. The van der Waals surface area contributed by atoms with Gasteiger partial charge in [0.1, 0.15) is 10.6 Å². The molecular weight excluding hydrogens is 428 g/mol. The third-order valence-corrected chi connectivity index (χ3v) is 7.59. The Labute approximate surface area is 187 Å². The van der Waals surface area contributed by atoms with Gasteiger partial charge >= 0.3 is 0 Å². The van der Waals surface area contributed by atoms with Gasteiger partial charge in [-0.05, 0) is 37.0 Å². The Hall–Kier alpha value is -2.90. The Balaban J connectivity index is 1.64. The highest BCUT2D eigenvalue weighted by molar-refractivity contribution is 7.99. The standard InChI is InChI=1S/C24H20N2O3S2/c1-29-19-12-6-5-11-17(19)26-23(28)21-16-10-7-13-20(16)31-22(21)25-24(26)30-14-18(27)15-8-3-2-4-9-15/h2-6,8-9,11-12H,7,10,13-14H2,1H3. The van der Waals surface area contributed by atoms with Gasteiger partial charge in [0.15, 0.2) is 10.9 Å². The van der Waals surface area contributed by atoms with Crippen molar-refractivity contribution in [3.63, 3.8) is 0 Å². The van der Waals surface area contributed by atoms with Crippen molar-refractivity contribution >= 4 is 39.1 Å². The number of carbonyl (C=O) groups is 1. The van der Waals surface area contributed by atoms with Gasteiger partial charge < -0.3 is 4.74 Å². The van der Waals surface area contributed by atoms with E-state index < -0.39 is 0 Å². The van der Waals surface area contributed by atoms with Crippen LogP contribution in [0.25, 0.3) is 15.9 Å². The highest BCUT2D eigenvalue weighted by Gasteiger charge is 2.25. The number of thioether (sulfide) groups is 1. The van der Waals surface area contributed by atoms with Crippen LogP contribution in [-0.4, -0.2) is 28.2 Å². The predicted molar refractivity (Wildman–Crippen MR) is 125 cm³/mol. The van der Waals surface area contributed by atoms with E-state index in [4.69, 9.17) is 9.72 Å². The third-order valence-electron chi connectivity index (χ3n) is 5.46. The number of methoxy groups -OCH3 is 1. The number of ketones is 1. The average Bonchev–Trinajstić information content (AvgIpc) is 3.39. The largest absolute Gasteiger partial charge is 0.495 e. The number of fused-ring (bicyclic) bond motifs is 3. The van der Waals surface area contributed by atoms with E-state index in [1.54, 1.807) is 35.1 Å². The monoisotopic (exact) mass is 448 g/mol. The zero-order valence-electron chi connectivity index (χ0n) is 17.0. The van der Waals surface area contributed by atoms with Gasteiger partial charge in [-0.15, -0.1) is 11.3 Å². The molecule has 0 saturated heterocycles. The van der Waals surface area contributed by atoms with E-state index in [0.717, 1.165) is 29.7 Å². The minimum Gasteiger partial charge on any atom is -0.495 e. The molecule has 2 aromatic heterocycles. The van der Waals surface area contributed by atoms with Crippen LogP contribution >= 0.6 is 23.1 Å². The molecular formula is C24H20N2O3S2. The lowest BCUT2D eigenvalue weighted by Crippen LogP contribution is -2.22. The van der Waals surface area contributed by atoms with Gasteiger partial charge in [0.25, 0.3) is 5.56 Å². The first kappa shape index (κ1) is 20.0. The van der Waals surface area contributed by atoms with Crippen LogP contribution in [0.4, 0.5) is 0 Å². The van der Waals surface area contributed by atoms with Gasteiger partial charge in [-0.1, -0.05) is 54.2 Å². The first-order valence-corrected chi connectivity index (χ1v) is 11.9. The molecule has 0 unspecified atom stereocenters. The zero-order valence-corrected chi connectivity index (χ0v) is 18.6. The maximum Gasteiger partial charge on any atom is 0.267 e. The summed E-state index contributed by atoms with van der Waals surface area (Å²) in [4.78, 5) is 33.3. The van der Waals surface area contributed by atoms with E-state index >= 15 is 0 Å². The Morgan fingerprint density at radius 3 is 2.71 bits per heavy atom. The molecule has 1 aliphatic carbocycles. The summed E-state index contributed by atoms with van der Waals surface area (Å²) in [6.45, 7) is 0. The summed E-state index contributed by atoms with van der Waals surface area (Å²) in [6.07, 6.45) is 2.99. The fraction of sp³-hybridized carbons (Fsp3) is 0.208. The SMILES string of the molecule is COc1ccccc1-n1c(SCC(=O)c2ccccc2)nc2sc3c(c2c1=O)CCC3. The summed E-state index contributed by atoms with van der Waals surface area (Å²) in [5.74, 6) is 0.788. The lowest BCUT2D eigenvalue weighted by Gasteiger charge is -2.15. The summed E-state index contributed by atoms with van der Waals surface area (Å²) in [7, 11) is 1.59. The molecule has 1 aliphatic rings. The molecule has 0 bridgehead atoms. The van der Waals surface area contributed by atoms with E-state index in [-0.39, 0.29) is 17.1 Å². The van der Waals surface area contributed by atoms with Crippen LogP contribution in [-0.2, 0) is 12.8 Å². The topological polar surface area (TPSA) is 61.2 Å². The maximum absolute atomic E-state index is 13.7. The molecule has 7 heteroatoms. The smallest absolute Gasteiger partial charge is 0.267 e. The number of para-hydroxylation sites is 2. The Bertz CT molecular complexity index is 1340. The molecule has 2 heterocycles. The number of Topliss-reactive ketones (excluding diaryl/α,β-unsaturated/α-hetero) is 1. The molecule has 2 aromatic carbocycles. The van der Waals surface area contributed by atoms with E-state index in [1.807, 2.05) is 42.5 Å². The molecule has 5 rings (SSSR count). The highest BCUT2D eigenvalue weighted by atomic mass is 32.2. The van der Waals surface area contributed by atoms with Crippen LogP contribution < -0.4 is 10.3 Å². The van der Waals surface area contributed by atoms with Gasteiger partial charge in [-0.2, -0.15) is 0 Å². The molecule has 5 nitrogen and oxygen atoms in total. The van der Waals surface area contributed by atoms with Crippen molar-refractivity contribution in [1.82, 2.24) is 9.55 Å². The molecule has 156 valence electrons. The second-order valence-corrected chi connectivity index (χ2v) is 9.35. The second-order valence-electron chi connectivity index (χ2n) is 7.32. The van der Waals surface area contributed by atoms with Gasteiger partial charge in [-0.3, -0.25) is 14.2 Å². The molecule has 0 fully saturated rings. The maximum atomic E-state index is 13.7. The molecule has 0 radical (unpaired) electrons. The van der Waals surface area contributed by atoms with Crippen LogP contribution in [0.5, 0.6) is 5.75 Å². The van der Waals surface area contributed by atoms with E-state index in [2.05, 4.69) is 0 Å². The van der Waals surface area contributed by atoms with Crippen molar-refractivity contribution < 1.29 is 9.53 Å². The number of carbonyl (C=O) groups excluding carboxylic acids is 1.